The summed E-state index contributed by atoms with van der Waals surface area (Å²) in [6.45, 7) is -0.400. The quantitative estimate of drug-likeness (QED) is 0.633. The molecule has 0 radical (unpaired) electrons. The summed E-state index contributed by atoms with van der Waals surface area (Å²) in [5.74, 6) is -1.21. The van der Waals surface area contributed by atoms with Crippen LogP contribution in [0, 0.1) is 0 Å². The summed E-state index contributed by atoms with van der Waals surface area (Å²) in [5.41, 5.74) is 1.85. The number of carboxylic acids is 1. The van der Waals surface area contributed by atoms with E-state index in [4.69, 9.17) is 5.11 Å². The molecule has 2 rings (SSSR count). The molecule has 0 saturated carbocycles. The van der Waals surface area contributed by atoms with E-state index in [1.165, 1.54) is 4.90 Å². The van der Waals surface area contributed by atoms with Gasteiger partial charge in [0.25, 0.3) is 5.91 Å². The highest BCUT2D eigenvalue weighted by Crippen LogP contribution is 2.18. The molecule has 0 saturated heterocycles. The summed E-state index contributed by atoms with van der Waals surface area (Å²) in [7, 11) is 0. The van der Waals surface area contributed by atoms with E-state index in [1.807, 2.05) is 36.4 Å². The van der Waals surface area contributed by atoms with Gasteiger partial charge in [0.05, 0.1) is 0 Å². The number of carboxylic acid groups (broad SMARTS) is 1. The summed E-state index contributed by atoms with van der Waals surface area (Å²) in [5, 5.41) is 9.11. The minimum atomic E-state index is -1.07. The molecular weight excluding hydrogens is 310 g/mol. The molecule has 4 nitrogen and oxygen atoms in total. The van der Waals surface area contributed by atoms with Gasteiger partial charge in [0.15, 0.2) is 0 Å². The fourth-order valence-electron chi connectivity index (χ4n) is 2.12. The van der Waals surface area contributed by atoms with Gasteiger partial charge >= 0.3 is 5.97 Å². The van der Waals surface area contributed by atoms with Crippen LogP contribution in [0.4, 0.5) is 5.69 Å². The van der Waals surface area contributed by atoms with Crippen LogP contribution in [0.3, 0.4) is 0 Å². The first kappa shape index (κ1) is 16.8. The number of amides is 1. The number of benzene rings is 2. The third kappa shape index (κ3) is 4.72. The number of carbonyl (C=O) groups excluding carboxylic acids is 1. The molecule has 0 fully saturated rings. The number of thiol groups is 1. The highest BCUT2D eigenvalue weighted by Gasteiger charge is 2.21. The summed E-state index contributed by atoms with van der Waals surface area (Å²) in [6.07, 6.45) is 1.73. The topological polar surface area (TPSA) is 57.6 Å². The zero-order valence-electron chi connectivity index (χ0n) is 12.4. The van der Waals surface area contributed by atoms with Crippen LogP contribution in [-0.4, -0.2) is 29.3 Å². The summed E-state index contributed by atoms with van der Waals surface area (Å²) in [6, 6.07) is 18.1. The number of nitrogens with zero attached hydrogens (tertiary/aromatic N) is 1. The van der Waals surface area contributed by atoms with Gasteiger partial charge in [-0.05, 0) is 23.8 Å². The van der Waals surface area contributed by atoms with Crippen LogP contribution in [-0.2, 0) is 9.59 Å². The number of hydrogen-bond donors (Lipinski definition) is 2. The van der Waals surface area contributed by atoms with Crippen LogP contribution in [0.1, 0.15) is 5.56 Å². The molecule has 0 aliphatic rings. The molecule has 0 atom stereocenters. The molecule has 5 heteroatoms. The molecule has 0 aromatic heterocycles. The van der Waals surface area contributed by atoms with Gasteiger partial charge in [-0.15, -0.1) is 0 Å². The Kier molecular flexibility index (Phi) is 6.00. The Hall–Kier alpha value is -2.53. The second-order valence-electron chi connectivity index (χ2n) is 4.86. The zero-order chi connectivity index (χ0) is 16.7. The van der Waals surface area contributed by atoms with Crippen LogP contribution in [0.25, 0.3) is 6.08 Å². The standard InChI is InChI=1S/C18H17NO3S/c20-17(21)12-19(16-9-5-2-6-10-16)18(22)15(13-23)11-14-7-3-1-4-8-14/h1-11,23H,12-13H2,(H,20,21). The Bertz CT molecular complexity index is 699. The van der Waals surface area contributed by atoms with Crippen LogP contribution >= 0.6 is 12.6 Å². The van der Waals surface area contributed by atoms with Gasteiger partial charge < -0.3 is 5.11 Å². The van der Waals surface area contributed by atoms with E-state index < -0.39 is 12.5 Å². The van der Waals surface area contributed by atoms with E-state index in [1.54, 1.807) is 30.3 Å². The predicted molar refractivity (Wildman–Crippen MR) is 94.7 cm³/mol. The first-order valence-corrected chi connectivity index (χ1v) is 7.70. The van der Waals surface area contributed by atoms with E-state index in [2.05, 4.69) is 12.6 Å². The average molecular weight is 327 g/mol. The fourth-order valence-corrected chi connectivity index (χ4v) is 2.35. The maximum absolute atomic E-state index is 12.8. The second kappa shape index (κ2) is 8.19. The molecule has 118 valence electrons. The second-order valence-corrected chi connectivity index (χ2v) is 5.18. The van der Waals surface area contributed by atoms with Crippen LogP contribution in [0.5, 0.6) is 0 Å². The molecule has 2 aromatic rings. The first-order valence-electron chi connectivity index (χ1n) is 7.07. The summed E-state index contributed by atoms with van der Waals surface area (Å²) >= 11 is 4.22. The van der Waals surface area contributed by atoms with E-state index in [0.29, 0.717) is 11.3 Å². The zero-order valence-corrected chi connectivity index (χ0v) is 13.3. The van der Waals surface area contributed by atoms with Crippen molar-refractivity contribution in [1.29, 1.82) is 0 Å². The smallest absolute Gasteiger partial charge is 0.323 e. The maximum atomic E-state index is 12.8. The Balaban J connectivity index is 2.35. The van der Waals surface area contributed by atoms with E-state index in [0.717, 1.165) is 5.56 Å². The highest BCUT2D eigenvalue weighted by atomic mass is 32.1. The third-order valence-electron chi connectivity index (χ3n) is 3.19. The van der Waals surface area contributed by atoms with Gasteiger partial charge in [-0.2, -0.15) is 12.6 Å². The van der Waals surface area contributed by atoms with Crippen LogP contribution < -0.4 is 4.90 Å². The summed E-state index contributed by atoms with van der Waals surface area (Å²) < 4.78 is 0. The molecule has 0 unspecified atom stereocenters. The van der Waals surface area contributed by atoms with Crippen LogP contribution in [0.15, 0.2) is 66.2 Å². The van der Waals surface area contributed by atoms with E-state index >= 15 is 0 Å². The van der Waals surface area contributed by atoms with E-state index in [-0.39, 0.29) is 11.7 Å². The first-order chi connectivity index (χ1) is 11.1. The van der Waals surface area contributed by atoms with Crippen molar-refractivity contribution in [2.45, 2.75) is 0 Å². The lowest BCUT2D eigenvalue weighted by atomic mass is 10.1. The van der Waals surface area contributed by atoms with Crippen molar-refractivity contribution in [3.63, 3.8) is 0 Å². The number of para-hydroxylation sites is 1. The van der Waals surface area contributed by atoms with Crippen molar-refractivity contribution in [3.8, 4) is 0 Å². The Labute approximate surface area is 140 Å². The Morgan fingerprint density at radius 2 is 1.57 bits per heavy atom. The van der Waals surface area contributed by atoms with Gasteiger partial charge in [0.1, 0.15) is 6.54 Å². The van der Waals surface area contributed by atoms with Crippen molar-refractivity contribution < 1.29 is 14.7 Å². The van der Waals surface area contributed by atoms with E-state index in [9.17, 15) is 9.59 Å². The fraction of sp³-hybridized carbons (Fsp3) is 0.111. The molecule has 1 amide bonds. The molecule has 0 bridgehead atoms. The minimum absolute atomic E-state index is 0.219. The third-order valence-corrected chi connectivity index (χ3v) is 3.53. The predicted octanol–water partition coefficient (Wildman–Crippen LogP) is 3.12. The van der Waals surface area contributed by atoms with Crippen molar-refractivity contribution in [1.82, 2.24) is 0 Å². The highest BCUT2D eigenvalue weighted by molar-refractivity contribution is 7.80. The molecule has 0 spiro atoms. The molecular formula is C18H17NO3S. The minimum Gasteiger partial charge on any atom is -0.480 e. The van der Waals surface area contributed by atoms with Crippen molar-refractivity contribution in [2.75, 3.05) is 17.2 Å². The summed E-state index contributed by atoms with van der Waals surface area (Å²) in [4.78, 5) is 25.1. The van der Waals surface area contributed by atoms with Gasteiger partial charge in [-0.3, -0.25) is 14.5 Å². The lowest BCUT2D eigenvalue weighted by Crippen LogP contribution is -2.37. The SMILES string of the molecule is O=C(O)CN(C(=O)C(=Cc1ccccc1)CS)c1ccccc1. The van der Waals surface area contributed by atoms with Gasteiger partial charge in [-0.25, -0.2) is 0 Å². The number of aliphatic carboxylic acids is 1. The lowest BCUT2D eigenvalue weighted by molar-refractivity contribution is -0.136. The van der Waals surface area contributed by atoms with Gasteiger partial charge in [0, 0.05) is 17.0 Å². The molecule has 1 N–H and O–H groups in total. The number of carbonyl (C=O) groups is 2. The average Bonchev–Trinajstić information content (AvgIpc) is 2.58. The lowest BCUT2D eigenvalue weighted by Gasteiger charge is -2.22. The van der Waals surface area contributed by atoms with Crippen molar-refractivity contribution in [2.24, 2.45) is 0 Å². The Morgan fingerprint density at radius 1 is 1.00 bits per heavy atom. The van der Waals surface area contributed by atoms with Gasteiger partial charge in [0.2, 0.25) is 0 Å². The monoisotopic (exact) mass is 327 g/mol. The molecule has 0 aliphatic heterocycles. The largest absolute Gasteiger partial charge is 0.480 e. The number of rotatable bonds is 6. The molecule has 0 aliphatic carbocycles. The number of anilines is 1. The van der Waals surface area contributed by atoms with Gasteiger partial charge in [-0.1, -0.05) is 48.5 Å². The van der Waals surface area contributed by atoms with Crippen molar-refractivity contribution >= 4 is 36.3 Å². The Morgan fingerprint density at radius 3 is 2.09 bits per heavy atom. The van der Waals surface area contributed by atoms with Crippen molar-refractivity contribution in [3.05, 3.63) is 71.8 Å². The molecule has 0 heterocycles. The number of hydrogen-bond acceptors (Lipinski definition) is 3. The molecule has 23 heavy (non-hydrogen) atoms. The maximum Gasteiger partial charge on any atom is 0.323 e. The normalized spacial score (nSPS) is 11.1. The van der Waals surface area contributed by atoms with Crippen LogP contribution in [0.2, 0.25) is 0 Å². The molecule has 2 aromatic carbocycles.